The van der Waals surface area contributed by atoms with E-state index in [2.05, 4.69) is 21.3 Å². The van der Waals surface area contributed by atoms with Gasteiger partial charge in [0, 0.05) is 18.5 Å². The highest BCUT2D eigenvalue weighted by Crippen LogP contribution is 2.31. The van der Waals surface area contributed by atoms with Gasteiger partial charge in [0.25, 0.3) is 0 Å². The summed E-state index contributed by atoms with van der Waals surface area (Å²) in [5.41, 5.74) is 2.27. The quantitative estimate of drug-likeness (QED) is 0.266. The molecule has 4 N–H and O–H groups in total. The Kier molecular flexibility index (Phi) is 9.11. The maximum atomic E-state index is 12.5. The number of carbonyl (C=O) groups is 1. The molecule has 9 heteroatoms. The fraction of sp³-hybridized carbons (Fsp3) is 0.636. The Morgan fingerprint density at radius 3 is 2.58 bits per heavy atom. The van der Waals surface area contributed by atoms with Crippen molar-refractivity contribution in [2.45, 2.75) is 73.9 Å². The van der Waals surface area contributed by atoms with Crippen LogP contribution in [0.5, 0.6) is 0 Å². The SMILES string of the molecule is Cc1ccc(CCC(=O)NC(NC(=S)NC2CCCC3CCCNC32)C(Cl)(Cl)Cl)cc1. The minimum atomic E-state index is -1.75. The van der Waals surface area contributed by atoms with Gasteiger partial charge in [0.15, 0.2) is 5.11 Å². The third-order valence-electron chi connectivity index (χ3n) is 6.15. The lowest BCUT2D eigenvalue weighted by Crippen LogP contribution is -2.62. The van der Waals surface area contributed by atoms with E-state index in [0.29, 0.717) is 29.9 Å². The lowest BCUT2D eigenvalue weighted by molar-refractivity contribution is -0.121. The first-order valence-electron chi connectivity index (χ1n) is 10.9. The van der Waals surface area contributed by atoms with Gasteiger partial charge in [-0.25, -0.2) is 0 Å². The van der Waals surface area contributed by atoms with Gasteiger partial charge in [-0.15, -0.1) is 0 Å². The number of piperidine rings is 1. The minimum absolute atomic E-state index is 0.209. The second-order valence-corrected chi connectivity index (χ2v) is 11.3. The molecule has 172 valence electrons. The number of rotatable bonds is 6. The highest BCUT2D eigenvalue weighted by atomic mass is 35.6. The van der Waals surface area contributed by atoms with Crippen molar-refractivity contribution in [1.82, 2.24) is 21.3 Å². The molecule has 2 aliphatic rings. The standard InChI is InChI=1S/C22H31Cl3N4OS/c1-14-7-9-15(10-8-14)11-12-18(30)28-20(22(23,24)25)29-21(31)27-17-6-2-4-16-5-3-13-26-19(16)17/h7-10,16-17,19-20,26H,2-6,11-13H2,1H3,(H,28,30)(H2,27,29,31). The van der Waals surface area contributed by atoms with Crippen LogP contribution in [0.4, 0.5) is 0 Å². The smallest absolute Gasteiger partial charge is 0.228 e. The number of benzene rings is 1. The summed E-state index contributed by atoms with van der Waals surface area (Å²) >= 11 is 23.9. The predicted octanol–water partition coefficient (Wildman–Crippen LogP) is 4.12. The van der Waals surface area contributed by atoms with Crippen molar-refractivity contribution in [2.24, 2.45) is 5.92 Å². The van der Waals surface area contributed by atoms with Crippen LogP contribution in [0.1, 0.15) is 49.7 Å². The van der Waals surface area contributed by atoms with Crippen LogP contribution >= 0.6 is 47.0 Å². The Morgan fingerprint density at radius 1 is 1.16 bits per heavy atom. The third-order valence-corrected chi connectivity index (χ3v) is 7.04. The molecule has 1 aliphatic heterocycles. The molecule has 1 aromatic rings. The van der Waals surface area contributed by atoms with E-state index in [1.165, 1.54) is 31.2 Å². The van der Waals surface area contributed by atoms with Gasteiger partial charge in [-0.2, -0.15) is 0 Å². The summed E-state index contributed by atoms with van der Waals surface area (Å²) in [6, 6.07) is 8.72. The van der Waals surface area contributed by atoms with E-state index < -0.39 is 9.96 Å². The Labute approximate surface area is 205 Å². The van der Waals surface area contributed by atoms with E-state index in [0.717, 1.165) is 18.5 Å². The lowest BCUT2D eigenvalue weighted by Gasteiger charge is -2.43. The van der Waals surface area contributed by atoms with Crippen molar-refractivity contribution < 1.29 is 4.79 Å². The first-order chi connectivity index (χ1) is 14.7. The third kappa shape index (κ3) is 7.64. The normalized spacial score (nSPS) is 24.6. The fourth-order valence-electron chi connectivity index (χ4n) is 4.50. The maximum Gasteiger partial charge on any atom is 0.228 e. The first-order valence-corrected chi connectivity index (χ1v) is 12.5. The molecule has 0 radical (unpaired) electrons. The van der Waals surface area contributed by atoms with Crippen LogP contribution in [0, 0.1) is 12.8 Å². The van der Waals surface area contributed by atoms with Crippen molar-refractivity contribution >= 4 is 58.0 Å². The molecule has 5 nitrogen and oxygen atoms in total. The molecule has 1 heterocycles. The van der Waals surface area contributed by atoms with Crippen molar-refractivity contribution in [3.63, 3.8) is 0 Å². The minimum Gasteiger partial charge on any atom is -0.358 e. The number of hydrogen-bond donors (Lipinski definition) is 4. The Bertz CT molecular complexity index is 754. The van der Waals surface area contributed by atoms with Gasteiger partial charge in [-0.3, -0.25) is 4.79 Å². The second kappa shape index (κ2) is 11.4. The van der Waals surface area contributed by atoms with E-state index >= 15 is 0 Å². The summed E-state index contributed by atoms with van der Waals surface area (Å²) in [5, 5.41) is 13.2. The number of alkyl halides is 3. The zero-order valence-corrected chi connectivity index (χ0v) is 20.8. The Morgan fingerprint density at radius 2 is 1.87 bits per heavy atom. The summed E-state index contributed by atoms with van der Waals surface area (Å²) in [4.78, 5) is 12.5. The molecule has 4 unspecified atom stereocenters. The molecule has 0 spiro atoms. The number of amides is 1. The van der Waals surface area contributed by atoms with Gasteiger partial charge in [-0.1, -0.05) is 71.1 Å². The molecule has 2 fully saturated rings. The largest absolute Gasteiger partial charge is 0.358 e. The van der Waals surface area contributed by atoms with Crippen LogP contribution in [0.25, 0.3) is 0 Å². The number of carbonyl (C=O) groups excluding carboxylic acids is 1. The number of fused-ring (bicyclic) bond motifs is 1. The zero-order chi connectivity index (χ0) is 22.4. The number of nitrogens with one attached hydrogen (secondary N) is 4. The van der Waals surface area contributed by atoms with E-state index in [1.807, 2.05) is 31.2 Å². The first kappa shape index (κ1) is 24.8. The highest BCUT2D eigenvalue weighted by molar-refractivity contribution is 7.80. The van der Waals surface area contributed by atoms with Crippen LogP contribution < -0.4 is 21.3 Å². The monoisotopic (exact) mass is 504 g/mol. The summed E-state index contributed by atoms with van der Waals surface area (Å²) in [5.74, 6) is 0.465. The average molecular weight is 506 g/mol. The van der Waals surface area contributed by atoms with Gasteiger partial charge in [0.2, 0.25) is 9.70 Å². The van der Waals surface area contributed by atoms with Gasteiger partial charge in [0.05, 0.1) is 0 Å². The zero-order valence-electron chi connectivity index (χ0n) is 17.7. The Balaban J connectivity index is 1.52. The molecular formula is C22H31Cl3N4OS. The maximum absolute atomic E-state index is 12.5. The number of thiocarbonyl (C=S) groups is 1. The predicted molar refractivity (Wildman–Crippen MR) is 133 cm³/mol. The summed E-state index contributed by atoms with van der Waals surface area (Å²) in [6.07, 6.45) is 5.91. The highest BCUT2D eigenvalue weighted by Gasteiger charge is 2.37. The molecule has 31 heavy (non-hydrogen) atoms. The van der Waals surface area contributed by atoms with E-state index in [-0.39, 0.29) is 11.9 Å². The molecule has 1 aliphatic carbocycles. The number of aryl methyl sites for hydroxylation is 2. The van der Waals surface area contributed by atoms with Gasteiger partial charge >= 0.3 is 0 Å². The van der Waals surface area contributed by atoms with Crippen LogP contribution in [-0.2, 0) is 11.2 Å². The number of halogens is 3. The van der Waals surface area contributed by atoms with Crippen LogP contribution in [-0.4, -0.2) is 39.6 Å². The van der Waals surface area contributed by atoms with Crippen LogP contribution in [0.3, 0.4) is 0 Å². The molecule has 1 saturated heterocycles. The van der Waals surface area contributed by atoms with E-state index in [1.54, 1.807) is 0 Å². The molecule has 0 aromatic heterocycles. The molecular weight excluding hydrogens is 475 g/mol. The molecule has 1 saturated carbocycles. The van der Waals surface area contributed by atoms with Crippen LogP contribution in [0.2, 0.25) is 0 Å². The molecule has 1 aromatic carbocycles. The van der Waals surface area contributed by atoms with E-state index in [9.17, 15) is 4.79 Å². The van der Waals surface area contributed by atoms with Crippen molar-refractivity contribution in [3.05, 3.63) is 35.4 Å². The number of hydrogen-bond acceptors (Lipinski definition) is 3. The Hall–Kier alpha value is -0.790. The van der Waals surface area contributed by atoms with Gasteiger partial charge in [-0.05, 0) is 69.3 Å². The van der Waals surface area contributed by atoms with Crippen LogP contribution in [0.15, 0.2) is 24.3 Å². The molecule has 3 rings (SSSR count). The van der Waals surface area contributed by atoms with Gasteiger partial charge in [0.1, 0.15) is 6.17 Å². The topological polar surface area (TPSA) is 65.2 Å². The molecule has 0 bridgehead atoms. The summed E-state index contributed by atoms with van der Waals surface area (Å²) in [7, 11) is 0. The van der Waals surface area contributed by atoms with Crippen molar-refractivity contribution in [3.8, 4) is 0 Å². The fourth-order valence-corrected chi connectivity index (χ4v) is 5.10. The summed E-state index contributed by atoms with van der Waals surface area (Å²) in [6.45, 7) is 3.07. The molecule has 1 amide bonds. The second-order valence-electron chi connectivity index (χ2n) is 8.57. The van der Waals surface area contributed by atoms with E-state index in [4.69, 9.17) is 47.0 Å². The average Bonchev–Trinajstić information content (AvgIpc) is 2.72. The van der Waals surface area contributed by atoms with Crippen molar-refractivity contribution in [2.75, 3.05) is 6.54 Å². The van der Waals surface area contributed by atoms with Crippen molar-refractivity contribution in [1.29, 1.82) is 0 Å². The summed E-state index contributed by atoms with van der Waals surface area (Å²) < 4.78 is -1.75. The lowest BCUT2D eigenvalue weighted by atomic mass is 9.76. The van der Waals surface area contributed by atoms with Gasteiger partial charge < -0.3 is 21.3 Å². The molecule has 4 atom stereocenters.